The molecule has 2 aromatic carbocycles. The van der Waals surface area contributed by atoms with E-state index in [0.29, 0.717) is 40.2 Å². The van der Waals surface area contributed by atoms with Crippen molar-refractivity contribution in [1.82, 2.24) is 0 Å². The number of carbonyl (C=O) groups is 1. The third-order valence-electron chi connectivity index (χ3n) is 3.97. The topological polar surface area (TPSA) is 63.2 Å². The van der Waals surface area contributed by atoms with E-state index in [9.17, 15) is 4.79 Å². The van der Waals surface area contributed by atoms with E-state index in [1.165, 1.54) is 14.2 Å². The van der Waals surface area contributed by atoms with Gasteiger partial charge >= 0.3 is 5.97 Å². The number of carbonyl (C=O) groups excluding carboxylic acids is 1. The minimum Gasteiger partial charge on any atom is -0.496 e. The Morgan fingerprint density at radius 3 is 2.00 bits per heavy atom. The average molecular weight is 360 g/mol. The van der Waals surface area contributed by atoms with Gasteiger partial charge in [-0.2, -0.15) is 0 Å². The number of hydrogen-bond donors (Lipinski definition) is 0. The molecular formula is C20H24O6. The maximum absolute atomic E-state index is 12.6. The summed E-state index contributed by atoms with van der Waals surface area (Å²) in [6.07, 6.45) is 0.593. The lowest BCUT2D eigenvalue weighted by Crippen LogP contribution is -2.10. The standard InChI is InChI=1S/C20H24O6/c1-12(2)9-10-26-20(21)13-11-16(24-5)17-14(22-3)7-8-15(23-4)18(17)19(13)25-6/h7-8,11H,1,9-10H2,2-6H3. The second-order valence-electron chi connectivity index (χ2n) is 5.72. The Morgan fingerprint density at radius 1 is 0.923 bits per heavy atom. The molecule has 0 aliphatic carbocycles. The van der Waals surface area contributed by atoms with Gasteiger partial charge in [-0.3, -0.25) is 0 Å². The van der Waals surface area contributed by atoms with E-state index in [4.69, 9.17) is 23.7 Å². The van der Waals surface area contributed by atoms with Crippen molar-refractivity contribution < 1.29 is 28.5 Å². The van der Waals surface area contributed by atoms with Crippen LogP contribution in [0.5, 0.6) is 23.0 Å². The monoisotopic (exact) mass is 360 g/mol. The van der Waals surface area contributed by atoms with Crippen LogP contribution in [-0.4, -0.2) is 41.0 Å². The first kappa shape index (κ1) is 19.4. The Kier molecular flexibility index (Phi) is 6.33. The van der Waals surface area contributed by atoms with Gasteiger partial charge in [0, 0.05) is 6.42 Å². The van der Waals surface area contributed by atoms with Crippen molar-refractivity contribution >= 4 is 16.7 Å². The zero-order chi connectivity index (χ0) is 19.3. The van der Waals surface area contributed by atoms with Crippen LogP contribution in [-0.2, 0) is 4.74 Å². The molecule has 0 saturated heterocycles. The van der Waals surface area contributed by atoms with Crippen LogP contribution in [0.4, 0.5) is 0 Å². The van der Waals surface area contributed by atoms with Crippen molar-refractivity contribution in [1.29, 1.82) is 0 Å². The lowest BCUT2D eigenvalue weighted by atomic mass is 10.0. The summed E-state index contributed by atoms with van der Waals surface area (Å²) in [7, 11) is 6.12. The predicted octanol–water partition coefficient (Wildman–Crippen LogP) is 4.00. The minimum absolute atomic E-state index is 0.243. The summed E-state index contributed by atoms with van der Waals surface area (Å²) in [5, 5.41) is 1.24. The fraction of sp³-hybridized carbons (Fsp3) is 0.350. The molecule has 0 atom stereocenters. The van der Waals surface area contributed by atoms with Crippen molar-refractivity contribution in [3.8, 4) is 23.0 Å². The molecule has 6 heteroatoms. The Morgan fingerprint density at radius 2 is 1.50 bits per heavy atom. The van der Waals surface area contributed by atoms with Crippen LogP contribution >= 0.6 is 0 Å². The molecule has 26 heavy (non-hydrogen) atoms. The van der Waals surface area contributed by atoms with Crippen LogP contribution in [0.3, 0.4) is 0 Å². The van der Waals surface area contributed by atoms with Crippen LogP contribution in [0.15, 0.2) is 30.4 Å². The molecule has 2 aromatic rings. The molecule has 0 amide bonds. The molecular weight excluding hydrogens is 336 g/mol. The Labute approximate surface area is 153 Å². The van der Waals surface area contributed by atoms with Crippen LogP contribution in [0.25, 0.3) is 10.8 Å². The molecule has 0 spiro atoms. The van der Waals surface area contributed by atoms with E-state index in [2.05, 4.69) is 6.58 Å². The molecule has 0 fully saturated rings. The predicted molar refractivity (Wildman–Crippen MR) is 99.9 cm³/mol. The van der Waals surface area contributed by atoms with Crippen molar-refractivity contribution in [2.75, 3.05) is 35.0 Å². The Balaban J connectivity index is 2.68. The molecule has 0 heterocycles. The number of hydrogen-bond acceptors (Lipinski definition) is 6. The quantitative estimate of drug-likeness (QED) is 0.524. The number of esters is 1. The first-order chi connectivity index (χ1) is 12.5. The maximum Gasteiger partial charge on any atom is 0.342 e. The fourth-order valence-electron chi connectivity index (χ4n) is 2.70. The van der Waals surface area contributed by atoms with Gasteiger partial charge in [0.2, 0.25) is 0 Å². The van der Waals surface area contributed by atoms with Gasteiger partial charge in [-0.25, -0.2) is 4.79 Å². The van der Waals surface area contributed by atoms with Gasteiger partial charge < -0.3 is 23.7 Å². The number of ether oxygens (including phenoxy) is 5. The zero-order valence-electron chi connectivity index (χ0n) is 15.8. The second-order valence-corrected chi connectivity index (χ2v) is 5.72. The Hall–Kier alpha value is -2.89. The summed E-state index contributed by atoms with van der Waals surface area (Å²) in [4.78, 5) is 12.6. The van der Waals surface area contributed by atoms with Gasteiger partial charge in [-0.05, 0) is 25.1 Å². The normalized spacial score (nSPS) is 10.3. The van der Waals surface area contributed by atoms with Crippen molar-refractivity contribution in [3.63, 3.8) is 0 Å². The molecule has 0 radical (unpaired) electrons. The lowest BCUT2D eigenvalue weighted by molar-refractivity contribution is 0.0506. The van der Waals surface area contributed by atoms with Crippen molar-refractivity contribution in [2.45, 2.75) is 13.3 Å². The van der Waals surface area contributed by atoms with E-state index in [1.807, 2.05) is 6.92 Å². The smallest absolute Gasteiger partial charge is 0.342 e. The molecule has 0 unspecified atom stereocenters. The number of rotatable bonds is 8. The van der Waals surface area contributed by atoms with E-state index in [0.717, 1.165) is 5.57 Å². The first-order valence-corrected chi connectivity index (χ1v) is 8.09. The lowest BCUT2D eigenvalue weighted by Gasteiger charge is -2.18. The fourth-order valence-corrected chi connectivity index (χ4v) is 2.70. The zero-order valence-corrected chi connectivity index (χ0v) is 15.8. The highest BCUT2D eigenvalue weighted by molar-refractivity contribution is 6.08. The van der Waals surface area contributed by atoms with Crippen molar-refractivity contribution in [3.05, 3.63) is 35.9 Å². The third kappa shape index (κ3) is 3.69. The van der Waals surface area contributed by atoms with Crippen LogP contribution in [0, 0.1) is 0 Å². The first-order valence-electron chi connectivity index (χ1n) is 8.09. The van der Waals surface area contributed by atoms with Gasteiger partial charge in [0.25, 0.3) is 0 Å². The van der Waals surface area contributed by atoms with Crippen molar-refractivity contribution in [2.24, 2.45) is 0 Å². The average Bonchev–Trinajstić information content (AvgIpc) is 2.65. The molecule has 0 N–H and O–H groups in total. The number of benzene rings is 2. The molecule has 0 aliphatic rings. The van der Waals surface area contributed by atoms with E-state index < -0.39 is 5.97 Å². The Bertz CT molecular complexity index is 825. The van der Waals surface area contributed by atoms with Crippen LogP contribution in [0.1, 0.15) is 23.7 Å². The highest BCUT2D eigenvalue weighted by Crippen LogP contribution is 2.46. The maximum atomic E-state index is 12.6. The van der Waals surface area contributed by atoms with Gasteiger partial charge in [-0.1, -0.05) is 5.57 Å². The summed E-state index contributed by atoms with van der Waals surface area (Å²) < 4.78 is 27.3. The summed E-state index contributed by atoms with van der Waals surface area (Å²) in [6, 6.07) is 5.11. The van der Waals surface area contributed by atoms with E-state index in [-0.39, 0.29) is 12.2 Å². The summed E-state index contributed by atoms with van der Waals surface area (Å²) in [6.45, 7) is 5.92. The minimum atomic E-state index is -0.506. The second kappa shape index (κ2) is 8.47. The molecule has 0 aliphatic heterocycles. The van der Waals surface area contributed by atoms with Gasteiger partial charge in [-0.15, -0.1) is 6.58 Å². The van der Waals surface area contributed by atoms with Crippen LogP contribution < -0.4 is 18.9 Å². The highest BCUT2D eigenvalue weighted by atomic mass is 16.5. The molecule has 0 aromatic heterocycles. The summed E-state index contributed by atoms with van der Waals surface area (Å²) >= 11 is 0. The van der Waals surface area contributed by atoms with Gasteiger partial charge in [0.1, 0.15) is 28.6 Å². The van der Waals surface area contributed by atoms with E-state index >= 15 is 0 Å². The van der Waals surface area contributed by atoms with Gasteiger partial charge in [0.05, 0.1) is 45.8 Å². The summed E-state index contributed by atoms with van der Waals surface area (Å²) in [5.41, 5.74) is 1.19. The van der Waals surface area contributed by atoms with E-state index in [1.54, 1.807) is 32.4 Å². The molecule has 6 nitrogen and oxygen atoms in total. The third-order valence-corrected chi connectivity index (χ3v) is 3.97. The SMILES string of the molecule is C=C(C)CCOC(=O)c1cc(OC)c2c(OC)ccc(OC)c2c1OC. The number of methoxy groups -OCH3 is 4. The van der Waals surface area contributed by atoms with Gasteiger partial charge in [0.15, 0.2) is 0 Å². The highest BCUT2D eigenvalue weighted by Gasteiger charge is 2.24. The molecule has 2 rings (SSSR count). The molecule has 0 bridgehead atoms. The summed E-state index contributed by atoms with van der Waals surface area (Å²) in [5.74, 6) is 1.42. The number of fused-ring (bicyclic) bond motifs is 1. The van der Waals surface area contributed by atoms with Crippen LogP contribution in [0.2, 0.25) is 0 Å². The molecule has 0 saturated carbocycles. The molecule has 140 valence electrons. The largest absolute Gasteiger partial charge is 0.496 e.